The summed E-state index contributed by atoms with van der Waals surface area (Å²) in [5, 5.41) is 3.12. The maximum absolute atomic E-state index is 5.62. The lowest BCUT2D eigenvalue weighted by Gasteiger charge is -2.06. The first kappa shape index (κ1) is 12.1. The summed E-state index contributed by atoms with van der Waals surface area (Å²) >= 11 is 0. The van der Waals surface area contributed by atoms with E-state index in [0.29, 0.717) is 0 Å². The van der Waals surface area contributed by atoms with Crippen molar-refractivity contribution in [3.63, 3.8) is 0 Å². The lowest BCUT2D eigenvalue weighted by molar-refractivity contribution is 0.306. The van der Waals surface area contributed by atoms with Crippen LogP contribution < -0.4 is 10.1 Å². The number of ether oxygens (including phenoxy) is 1. The van der Waals surface area contributed by atoms with Gasteiger partial charge in [0.2, 0.25) is 0 Å². The molecule has 15 heavy (non-hydrogen) atoms. The largest absolute Gasteiger partial charge is 0.494 e. The van der Waals surface area contributed by atoms with Gasteiger partial charge in [0.05, 0.1) is 6.61 Å². The van der Waals surface area contributed by atoms with Crippen molar-refractivity contribution >= 4 is 0 Å². The minimum absolute atomic E-state index is 0.833. The Balaban J connectivity index is 2.29. The van der Waals surface area contributed by atoms with Gasteiger partial charge in [-0.05, 0) is 31.2 Å². The number of hydrogen-bond donors (Lipinski definition) is 1. The van der Waals surface area contributed by atoms with Crippen LogP contribution in [0.1, 0.15) is 31.7 Å². The Kier molecular flexibility index (Phi) is 5.86. The van der Waals surface area contributed by atoms with E-state index >= 15 is 0 Å². The van der Waals surface area contributed by atoms with E-state index in [2.05, 4.69) is 24.4 Å². The van der Waals surface area contributed by atoms with Gasteiger partial charge in [-0.3, -0.25) is 0 Å². The van der Waals surface area contributed by atoms with E-state index in [4.69, 9.17) is 4.74 Å². The van der Waals surface area contributed by atoms with E-state index in [1.165, 1.54) is 18.4 Å². The normalized spacial score (nSPS) is 10.3. The average Bonchev–Trinajstić information content (AvgIpc) is 2.27. The second kappa shape index (κ2) is 7.30. The quantitative estimate of drug-likeness (QED) is 0.694. The van der Waals surface area contributed by atoms with E-state index in [0.717, 1.165) is 25.3 Å². The smallest absolute Gasteiger partial charge is 0.119 e. The maximum Gasteiger partial charge on any atom is 0.119 e. The van der Waals surface area contributed by atoms with Gasteiger partial charge in [0.1, 0.15) is 5.75 Å². The number of benzene rings is 1. The van der Waals surface area contributed by atoms with Crippen molar-refractivity contribution in [2.75, 3.05) is 13.7 Å². The predicted molar refractivity (Wildman–Crippen MR) is 64.2 cm³/mol. The third-order valence-electron chi connectivity index (χ3n) is 2.32. The van der Waals surface area contributed by atoms with Crippen LogP contribution in [-0.2, 0) is 6.54 Å². The zero-order valence-corrected chi connectivity index (χ0v) is 9.75. The Labute approximate surface area is 92.6 Å². The highest BCUT2D eigenvalue weighted by Gasteiger charge is 1.94. The molecule has 0 radical (unpaired) electrons. The van der Waals surface area contributed by atoms with Crippen LogP contribution in [0.3, 0.4) is 0 Å². The topological polar surface area (TPSA) is 21.3 Å². The monoisotopic (exact) mass is 207 g/mol. The molecule has 0 saturated heterocycles. The van der Waals surface area contributed by atoms with E-state index < -0.39 is 0 Å². The first-order valence-electron chi connectivity index (χ1n) is 5.73. The molecule has 0 bridgehead atoms. The molecule has 84 valence electrons. The molecule has 1 rings (SSSR count). The summed E-state index contributed by atoms with van der Waals surface area (Å²) in [5.41, 5.74) is 1.29. The Morgan fingerprint density at radius 3 is 2.47 bits per heavy atom. The minimum Gasteiger partial charge on any atom is -0.494 e. The highest BCUT2D eigenvalue weighted by molar-refractivity contribution is 5.27. The molecule has 1 aromatic rings. The van der Waals surface area contributed by atoms with Crippen molar-refractivity contribution in [3.8, 4) is 5.75 Å². The third kappa shape index (κ3) is 4.84. The molecule has 0 aliphatic rings. The molecule has 0 atom stereocenters. The van der Waals surface area contributed by atoms with Crippen LogP contribution in [0, 0.1) is 0 Å². The summed E-state index contributed by atoms with van der Waals surface area (Å²) in [7, 11) is 1.95. The van der Waals surface area contributed by atoms with Crippen LogP contribution in [0.4, 0.5) is 0 Å². The zero-order valence-electron chi connectivity index (χ0n) is 9.75. The highest BCUT2D eigenvalue weighted by Crippen LogP contribution is 2.12. The molecule has 0 heterocycles. The number of unbranched alkanes of at least 4 members (excludes halogenated alkanes) is 2. The molecule has 0 spiro atoms. The second-order valence-electron chi connectivity index (χ2n) is 3.73. The molecular weight excluding hydrogens is 186 g/mol. The van der Waals surface area contributed by atoms with Crippen molar-refractivity contribution in [3.05, 3.63) is 29.8 Å². The first-order chi connectivity index (χ1) is 7.36. The summed E-state index contributed by atoms with van der Waals surface area (Å²) in [5.74, 6) is 0.978. The fourth-order valence-electron chi connectivity index (χ4n) is 1.45. The van der Waals surface area contributed by atoms with Gasteiger partial charge in [0, 0.05) is 6.54 Å². The van der Waals surface area contributed by atoms with Gasteiger partial charge in [-0.2, -0.15) is 0 Å². The van der Waals surface area contributed by atoms with Gasteiger partial charge < -0.3 is 10.1 Å². The van der Waals surface area contributed by atoms with Crippen molar-refractivity contribution in [1.82, 2.24) is 5.32 Å². The van der Waals surface area contributed by atoms with Crippen molar-refractivity contribution in [2.24, 2.45) is 0 Å². The molecular formula is C13H21NO. The van der Waals surface area contributed by atoms with E-state index in [1.54, 1.807) is 0 Å². The standard InChI is InChI=1S/C13H21NO/c1-3-4-5-10-15-13-8-6-12(7-9-13)11-14-2/h6-9,14H,3-5,10-11H2,1-2H3. The minimum atomic E-state index is 0.833. The lowest BCUT2D eigenvalue weighted by atomic mass is 10.2. The van der Waals surface area contributed by atoms with Gasteiger partial charge in [-0.1, -0.05) is 31.9 Å². The number of hydrogen-bond acceptors (Lipinski definition) is 2. The summed E-state index contributed by atoms with van der Waals surface area (Å²) < 4.78 is 5.62. The molecule has 0 amide bonds. The molecule has 0 saturated carbocycles. The van der Waals surface area contributed by atoms with Gasteiger partial charge in [-0.15, -0.1) is 0 Å². The SMILES string of the molecule is CCCCCOc1ccc(CNC)cc1. The fraction of sp³-hybridized carbons (Fsp3) is 0.538. The highest BCUT2D eigenvalue weighted by atomic mass is 16.5. The van der Waals surface area contributed by atoms with E-state index in [-0.39, 0.29) is 0 Å². The Morgan fingerprint density at radius 1 is 1.13 bits per heavy atom. The average molecular weight is 207 g/mol. The third-order valence-corrected chi connectivity index (χ3v) is 2.32. The summed E-state index contributed by atoms with van der Waals surface area (Å²) in [6.45, 7) is 3.95. The molecule has 1 aromatic carbocycles. The van der Waals surface area contributed by atoms with Crippen LogP contribution in [0.25, 0.3) is 0 Å². The summed E-state index contributed by atoms with van der Waals surface area (Å²) in [6, 6.07) is 8.29. The van der Waals surface area contributed by atoms with Crippen molar-refractivity contribution in [1.29, 1.82) is 0 Å². The van der Waals surface area contributed by atoms with Crippen LogP contribution in [-0.4, -0.2) is 13.7 Å². The molecule has 1 N–H and O–H groups in total. The van der Waals surface area contributed by atoms with Crippen LogP contribution in [0.5, 0.6) is 5.75 Å². The van der Waals surface area contributed by atoms with Gasteiger partial charge in [0.15, 0.2) is 0 Å². The molecule has 2 heteroatoms. The van der Waals surface area contributed by atoms with E-state index in [9.17, 15) is 0 Å². The molecule has 0 aromatic heterocycles. The lowest BCUT2D eigenvalue weighted by Crippen LogP contribution is -2.04. The van der Waals surface area contributed by atoms with Gasteiger partial charge >= 0.3 is 0 Å². The molecule has 0 aliphatic carbocycles. The van der Waals surface area contributed by atoms with Crippen LogP contribution >= 0.6 is 0 Å². The number of rotatable bonds is 7. The van der Waals surface area contributed by atoms with Crippen molar-refractivity contribution in [2.45, 2.75) is 32.7 Å². The van der Waals surface area contributed by atoms with Crippen LogP contribution in [0.2, 0.25) is 0 Å². The fourth-order valence-corrected chi connectivity index (χ4v) is 1.45. The van der Waals surface area contributed by atoms with Gasteiger partial charge in [-0.25, -0.2) is 0 Å². The summed E-state index contributed by atoms with van der Waals surface area (Å²) in [4.78, 5) is 0. The molecule has 0 fully saturated rings. The zero-order chi connectivity index (χ0) is 10.9. The first-order valence-corrected chi connectivity index (χ1v) is 5.73. The summed E-state index contributed by atoms with van der Waals surface area (Å²) in [6.07, 6.45) is 3.64. The van der Waals surface area contributed by atoms with E-state index in [1.807, 2.05) is 19.2 Å². The van der Waals surface area contributed by atoms with Crippen LogP contribution in [0.15, 0.2) is 24.3 Å². The molecule has 0 unspecified atom stereocenters. The van der Waals surface area contributed by atoms with Crippen molar-refractivity contribution < 1.29 is 4.74 Å². The molecule has 2 nitrogen and oxygen atoms in total. The maximum atomic E-state index is 5.62. The Morgan fingerprint density at radius 2 is 1.87 bits per heavy atom. The predicted octanol–water partition coefficient (Wildman–Crippen LogP) is 2.98. The number of nitrogens with one attached hydrogen (secondary N) is 1. The molecule has 0 aliphatic heterocycles. The van der Waals surface area contributed by atoms with Gasteiger partial charge in [0.25, 0.3) is 0 Å². The Bertz CT molecular complexity index is 256. The second-order valence-corrected chi connectivity index (χ2v) is 3.73. The Hall–Kier alpha value is -1.02.